The van der Waals surface area contributed by atoms with Crippen molar-refractivity contribution >= 4 is 56.6 Å². The van der Waals surface area contributed by atoms with Crippen LogP contribution in [0.15, 0.2) is 59.1 Å². The third kappa shape index (κ3) is 2.84. The Morgan fingerprint density at radius 3 is 2.32 bits per heavy atom. The van der Waals surface area contributed by atoms with Crippen LogP contribution >= 0.6 is 27.5 Å². The smallest absolute Gasteiger partial charge is 0.255 e. The Bertz CT molecular complexity index is 1160. The summed E-state index contributed by atoms with van der Waals surface area (Å²) in [5.74, 6) is 0.367. The molecule has 2 bridgehead atoms. The molecule has 156 valence electrons. The summed E-state index contributed by atoms with van der Waals surface area (Å²) >= 11 is 9.43. The molecule has 2 aromatic carbocycles. The molecule has 7 rings (SSSR count). The van der Waals surface area contributed by atoms with E-state index >= 15 is 0 Å². The molecule has 1 saturated heterocycles. The van der Waals surface area contributed by atoms with E-state index < -0.39 is 0 Å². The van der Waals surface area contributed by atoms with Crippen LogP contribution in [0.2, 0.25) is 5.02 Å². The molecule has 2 aromatic rings. The van der Waals surface area contributed by atoms with Gasteiger partial charge in [-0.1, -0.05) is 29.8 Å². The molecule has 5 nitrogen and oxygen atoms in total. The Balaban J connectivity index is 1.28. The number of nitrogens with zero attached hydrogens (tertiary/aromatic N) is 1. The molecule has 5 aliphatic rings. The Kier molecular flexibility index (Phi) is 4.21. The van der Waals surface area contributed by atoms with E-state index in [1.54, 1.807) is 42.5 Å². The van der Waals surface area contributed by atoms with E-state index in [9.17, 15) is 14.4 Å². The first-order chi connectivity index (χ1) is 14.9. The third-order valence-electron chi connectivity index (χ3n) is 7.21. The normalized spacial score (nSPS) is 32.1. The fourth-order valence-electron chi connectivity index (χ4n) is 5.77. The summed E-state index contributed by atoms with van der Waals surface area (Å²) in [7, 11) is 0. The van der Waals surface area contributed by atoms with Crippen molar-refractivity contribution in [3.05, 3.63) is 69.7 Å². The molecule has 7 heteroatoms. The predicted molar refractivity (Wildman–Crippen MR) is 121 cm³/mol. The number of rotatable bonds is 3. The van der Waals surface area contributed by atoms with Crippen molar-refractivity contribution in [1.82, 2.24) is 0 Å². The summed E-state index contributed by atoms with van der Waals surface area (Å²) < 4.78 is 0.739. The third-order valence-corrected chi connectivity index (χ3v) is 8.44. The van der Waals surface area contributed by atoms with Gasteiger partial charge in [0.1, 0.15) is 0 Å². The van der Waals surface area contributed by atoms with Crippen LogP contribution in [0.25, 0.3) is 0 Å². The molecule has 2 saturated carbocycles. The maximum absolute atomic E-state index is 13.3. The number of imide groups is 1. The minimum atomic E-state index is -0.334. The van der Waals surface area contributed by atoms with Crippen molar-refractivity contribution in [2.45, 2.75) is 6.42 Å². The second kappa shape index (κ2) is 6.78. The molecule has 1 aliphatic heterocycles. The first kappa shape index (κ1) is 19.3. The maximum atomic E-state index is 13.3. The van der Waals surface area contributed by atoms with Crippen molar-refractivity contribution in [2.24, 2.45) is 35.5 Å². The fourth-order valence-corrected chi connectivity index (χ4v) is 6.20. The lowest BCUT2D eigenvalue weighted by Crippen LogP contribution is -2.40. The van der Waals surface area contributed by atoms with Gasteiger partial charge in [0.05, 0.1) is 22.5 Å². The van der Waals surface area contributed by atoms with Gasteiger partial charge in [0.15, 0.2) is 0 Å². The van der Waals surface area contributed by atoms with Gasteiger partial charge in [0.25, 0.3) is 5.91 Å². The molecule has 1 heterocycles. The highest BCUT2D eigenvalue weighted by Crippen LogP contribution is 2.65. The SMILES string of the molecule is O=C(Nc1ccc(Br)c(Cl)c1)c1cccc(N2C(=O)[C@H]3[C@@H]4C=C[C@H]([C@H]5C[C@H]45)[C@@H]3C2=O)c1. The Morgan fingerprint density at radius 2 is 1.68 bits per heavy atom. The zero-order valence-corrected chi connectivity index (χ0v) is 18.6. The summed E-state index contributed by atoms with van der Waals surface area (Å²) in [5, 5.41) is 3.30. The molecule has 0 spiro atoms. The predicted octanol–water partition coefficient (Wildman–Crippen LogP) is 4.91. The summed E-state index contributed by atoms with van der Waals surface area (Å²) in [6.45, 7) is 0. The van der Waals surface area contributed by atoms with E-state index in [0.717, 1.165) is 10.9 Å². The zero-order chi connectivity index (χ0) is 21.4. The number of hydrogen-bond donors (Lipinski definition) is 1. The maximum Gasteiger partial charge on any atom is 0.255 e. The second-order valence-electron chi connectivity index (χ2n) is 8.80. The Hall–Kier alpha value is -2.44. The molecule has 6 atom stereocenters. The van der Waals surface area contributed by atoms with E-state index in [0.29, 0.717) is 33.8 Å². The van der Waals surface area contributed by atoms with E-state index in [4.69, 9.17) is 11.6 Å². The fraction of sp³-hybridized carbons (Fsp3) is 0.292. The average Bonchev–Trinajstić information content (AvgIpc) is 3.54. The van der Waals surface area contributed by atoms with E-state index in [1.807, 2.05) is 0 Å². The number of carbonyl (C=O) groups excluding carboxylic acids is 3. The highest BCUT2D eigenvalue weighted by molar-refractivity contribution is 9.10. The molecule has 4 aliphatic carbocycles. The van der Waals surface area contributed by atoms with Crippen LogP contribution < -0.4 is 10.2 Å². The molecule has 0 aromatic heterocycles. The summed E-state index contributed by atoms with van der Waals surface area (Å²) in [6, 6.07) is 11.8. The number of hydrogen-bond acceptors (Lipinski definition) is 3. The molecule has 1 N–H and O–H groups in total. The second-order valence-corrected chi connectivity index (χ2v) is 10.1. The monoisotopic (exact) mass is 496 g/mol. The number of benzene rings is 2. The first-order valence-electron chi connectivity index (χ1n) is 10.4. The number of halogens is 2. The van der Waals surface area contributed by atoms with Crippen LogP contribution in [0, 0.1) is 35.5 Å². The molecular weight excluding hydrogens is 480 g/mol. The lowest BCUT2D eigenvalue weighted by Gasteiger charge is -2.37. The number of amides is 3. The highest BCUT2D eigenvalue weighted by Gasteiger charge is 2.67. The van der Waals surface area contributed by atoms with Gasteiger partial charge in [-0.15, -0.1) is 0 Å². The van der Waals surface area contributed by atoms with Crippen LogP contribution in [0.4, 0.5) is 11.4 Å². The van der Waals surface area contributed by atoms with E-state index in [-0.39, 0.29) is 41.4 Å². The van der Waals surface area contributed by atoms with Gasteiger partial charge in [-0.2, -0.15) is 0 Å². The average molecular weight is 498 g/mol. The number of allylic oxidation sites excluding steroid dienone is 2. The number of anilines is 2. The number of nitrogens with one attached hydrogen (secondary N) is 1. The van der Waals surface area contributed by atoms with Gasteiger partial charge in [0.2, 0.25) is 11.8 Å². The lowest BCUT2D eigenvalue weighted by molar-refractivity contribution is -0.124. The molecule has 31 heavy (non-hydrogen) atoms. The quantitative estimate of drug-likeness (QED) is 0.484. The largest absolute Gasteiger partial charge is 0.322 e. The van der Waals surface area contributed by atoms with E-state index in [2.05, 4.69) is 33.4 Å². The van der Waals surface area contributed by atoms with Crippen LogP contribution in [0.5, 0.6) is 0 Å². The van der Waals surface area contributed by atoms with Crippen molar-refractivity contribution in [3.63, 3.8) is 0 Å². The summed E-state index contributed by atoms with van der Waals surface area (Å²) in [6.07, 6.45) is 5.44. The summed E-state index contributed by atoms with van der Waals surface area (Å²) in [4.78, 5) is 40.7. The lowest BCUT2D eigenvalue weighted by atomic mass is 9.63. The van der Waals surface area contributed by atoms with Crippen molar-refractivity contribution < 1.29 is 14.4 Å². The van der Waals surface area contributed by atoms with Gasteiger partial charge < -0.3 is 5.32 Å². The van der Waals surface area contributed by atoms with E-state index in [1.165, 1.54) is 4.90 Å². The van der Waals surface area contributed by atoms with Gasteiger partial charge in [-0.3, -0.25) is 14.4 Å². The minimum absolute atomic E-state index is 0.128. The van der Waals surface area contributed by atoms with Crippen LogP contribution in [0.1, 0.15) is 16.8 Å². The Morgan fingerprint density at radius 1 is 1.00 bits per heavy atom. The first-order valence-corrected chi connectivity index (χ1v) is 11.5. The zero-order valence-electron chi connectivity index (χ0n) is 16.3. The molecule has 0 radical (unpaired) electrons. The molecule has 3 amide bonds. The highest BCUT2D eigenvalue weighted by atomic mass is 79.9. The van der Waals surface area contributed by atoms with Crippen molar-refractivity contribution in [1.29, 1.82) is 0 Å². The van der Waals surface area contributed by atoms with Crippen LogP contribution in [-0.2, 0) is 9.59 Å². The van der Waals surface area contributed by atoms with Gasteiger partial charge in [0, 0.05) is 15.7 Å². The molecule has 3 fully saturated rings. The van der Waals surface area contributed by atoms with Crippen molar-refractivity contribution in [3.8, 4) is 0 Å². The Labute approximate surface area is 192 Å². The van der Waals surface area contributed by atoms with Crippen LogP contribution in [0.3, 0.4) is 0 Å². The summed E-state index contributed by atoms with van der Waals surface area (Å²) in [5.41, 5.74) is 1.39. The van der Waals surface area contributed by atoms with Gasteiger partial charge in [-0.05, 0) is 82.4 Å². The molecular formula is C24H18BrClN2O3. The number of carbonyl (C=O) groups is 3. The van der Waals surface area contributed by atoms with Crippen LogP contribution in [-0.4, -0.2) is 17.7 Å². The molecule has 0 unspecified atom stereocenters. The standard InChI is InChI=1S/C24H18BrClN2O3/c25-18-7-4-12(9-19(18)26)27-22(29)11-2-1-3-13(8-11)28-23(30)20-14-5-6-15(17-10-16(14)17)21(20)24(28)31/h1-9,14-17,20-21H,10H2,(H,27,29)/t14-,15-,16-,17-,20+,21+/m1/s1. The van der Waals surface area contributed by atoms with Crippen molar-refractivity contribution in [2.75, 3.05) is 10.2 Å². The van der Waals surface area contributed by atoms with Gasteiger partial charge >= 0.3 is 0 Å². The minimum Gasteiger partial charge on any atom is -0.322 e. The van der Waals surface area contributed by atoms with Gasteiger partial charge in [-0.25, -0.2) is 4.90 Å². The topological polar surface area (TPSA) is 66.5 Å².